The number of nitrogens with zero attached hydrogens (tertiary/aromatic N) is 3. The summed E-state index contributed by atoms with van der Waals surface area (Å²) in [7, 11) is 0. The zero-order chi connectivity index (χ0) is 13.5. The fourth-order valence-electron chi connectivity index (χ4n) is 2.44. The maximum Gasteiger partial charge on any atom is 0.160 e. The van der Waals surface area contributed by atoms with Gasteiger partial charge in [0.05, 0.1) is 0 Å². The minimum atomic E-state index is 0.582. The van der Waals surface area contributed by atoms with Gasteiger partial charge < -0.3 is 4.98 Å². The van der Waals surface area contributed by atoms with Crippen LogP contribution in [0.4, 0.5) is 0 Å². The smallest absolute Gasteiger partial charge is 0.160 e. The van der Waals surface area contributed by atoms with Crippen LogP contribution in [0.3, 0.4) is 0 Å². The molecule has 0 aliphatic heterocycles. The van der Waals surface area contributed by atoms with Gasteiger partial charge in [0.25, 0.3) is 0 Å². The Kier molecular flexibility index (Phi) is 2.44. The normalized spacial score (nSPS) is 11.2. The van der Waals surface area contributed by atoms with Crippen molar-refractivity contribution >= 4 is 33.4 Å². The number of H-pyrrole nitrogens is 1. The summed E-state index contributed by atoms with van der Waals surface area (Å²) in [5, 5.41) is 3.54. The van der Waals surface area contributed by atoms with Crippen molar-refractivity contribution in [2.45, 2.75) is 0 Å². The Bertz CT molecular complexity index is 915. The standard InChI is InChI=1S/C15H9ClN4/c16-14-12-8-20-15-13(10(12)3-6-18-14)11(7-19-15)9-1-4-17-5-2-9/h1-8,18H. The van der Waals surface area contributed by atoms with Crippen LogP contribution in [-0.2, 0) is 0 Å². The number of hydrogen-bond acceptors (Lipinski definition) is 3. The van der Waals surface area contributed by atoms with Crippen LogP contribution < -0.4 is 0 Å². The second-order valence-corrected chi connectivity index (χ2v) is 4.86. The lowest BCUT2D eigenvalue weighted by Crippen LogP contribution is -1.84. The molecular weight excluding hydrogens is 272 g/mol. The van der Waals surface area contributed by atoms with E-state index < -0.39 is 0 Å². The molecule has 20 heavy (non-hydrogen) atoms. The van der Waals surface area contributed by atoms with E-state index in [0.717, 1.165) is 32.9 Å². The highest BCUT2D eigenvalue weighted by molar-refractivity contribution is 6.35. The average Bonchev–Trinajstić information content (AvgIpc) is 2.93. The van der Waals surface area contributed by atoms with Crippen LogP contribution in [0, 0.1) is 0 Å². The Labute approximate surface area is 119 Å². The minimum Gasteiger partial charge on any atom is -0.352 e. The number of nitrogens with one attached hydrogen (secondary N) is 1. The predicted molar refractivity (Wildman–Crippen MR) is 79.6 cm³/mol. The molecule has 0 spiro atoms. The third kappa shape index (κ3) is 1.58. The van der Waals surface area contributed by atoms with E-state index in [2.05, 4.69) is 19.9 Å². The number of aromatic amines is 1. The Hall–Kier alpha value is -2.46. The molecule has 0 aliphatic rings. The summed E-state index contributed by atoms with van der Waals surface area (Å²) in [6, 6.07) is 5.93. The molecule has 0 amide bonds. The SMILES string of the molecule is Clc1[nH]ccc2c1cnc1ncc(-c3ccncc3)c12. The zero-order valence-corrected chi connectivity index (χ0v) is 11.1. The number of aromatic nitrogens is 4. The molecule has 0 unspecified atom stereocenters. The number of rotatable bonds is 1. The lowest BCUT2D eigenvalue weighted by atomic mass is 10.0. The van der Waals surface area contributed by atoms with Crippen LogP contribution in [0.5, 0.6) is 0 Å². The first-order valence-electron chi connectivity index (χ1n) is 6.15. The summed E-state index contributed by atoms with van der Waals surface area (Å²) in [6.45, 7) is 0. The molecule has 4 aromatic rings. The van der Waals surface area contributed by atoms with E-state index in [4.69, 9.17) is 11.6 Å². The van der Waals surface area contributed by atoms with E-state index >= 15 is 0 Å². The number of hydrogen-bond donors (Lipinski definition) is 1. The van der Waals surface area contributed by atoms with Gasteiger partial charge in [0, 0.05) is 47.3 Å². The molecule has 5 heteroatoms. The lowest BCUT2D eigenvalue weighted by Gasteiger charge is -2.04. The molecule has 1 N–H and O–H groups in total. The van der Waals surface area contributed by atoms with E-state index in [0.29, 0.717) is 5.15 Å². The summed E-state index contributed by atoms with van der Waals surface area (Å²) in [6.07, 6.45) is 8.96. The van der Waals surface area contributed by atoms with E-state index in [9.17, 15) is 0 Å². The van der Waals surface area contributed by atoms with Crippen molar-refractivity contribution in [1.82, 2.24) is 19.9 Å². The van der Waals surface area contributed by atoms with Crippen molar-refractivity contribution in [3.05, 3.63) is 54.3 Å². The molecule has 0 aromatic carbocycles. The van der Waals surface area contributed by atoms with Gasteiger partial charge >= 0.3 is 0 Å². The zero-order valence-electron chi connectivity index (χ0n) is 10.3. The van der Waals surface area contributed by atoms with Gasteiger partial charge in [-0.1, -0.05) is 11.6 Å². The molecule has 0 radical (unpaired) electrons. The first-order valence-corrected chi connectivity index (χ1v) is 6.53. The maximum absolute atomic E-state index is 6.20. The van der Waals surface area contributed by atoms with Gasteiger partial charge in [0.2, 0.25) is 0 Å². The largest absolute Gasteiger partial charge is 0.352 e. The summed E-state index contributed by atoms with van der Waals surface area (Å²) >= 11 is 6.20. The van der Waals surface area contributed by atoms with E-state index in [1.165, 1.54) is 0 Å². The van der Waals surface area contributed by atoms with Gasteiger partial charge in [0.1, 0.15) is 5.15 Å². The second kappa shape index (κ2) is 4.28. The van der Waals surface area contributed by atoms with Crippen molar-refractivity contribution in [3.8, 4) is 11.1 Å². The first-order chi connectivity index (χ1) is 9.84. The van der Waals surface area contributed by atoms with E-state index in [1.807, 2.05) is 30.6 Å². The van der Waals surface area contributed by atoms with Crippen LogP contribution >= 0.6 is 11.6 Å². The quantitative estimate of drug-likeness (QED) is 0.539. The van der Waals surface area contributed by atoms with Crippen molar-refractivity contribution in [3.63, 3.8) is 0 Å². The van der Waals surface area contributed by atoms with Gasteiger partial charge in [-0.3, -0.25) is 4.98 Å². The van der Waals surface area contributed by atoms with Gasteiger partial charge in [-0.05, 0) is 29.1 Å². The van der Waals surface area contributed by atoms with Gasteiger partial charge in [-0.15, -0.1) is 0 Å². The highest BCUT2D eigenvalue weighted by Gasteiger charge is 2.12. The molecule has 4 heterocycles. The van der Waals surface area contributed by atoms with Crippen molar-refractivity contribution < 1.29 is 0 Å². The highest BCUT2D eigenvalue weighted by atomic mass is 35.5. The molecule has 0 aliphatic carbocycles. The van der Waals surface area contributed by atoms with Crippen LogP contribution in [0.25, 0.3) is 32.9 Å². The Morgan fingerprint density at radius 1 is 0.950 bits per heavy atom. The third-order valence-electron chi connectivity index (χ3n) is 3.37. The molecule has 4 aromatic heterocycles. The van der Waals surface area contributed by atoms with Crippen LogP contribution in [0.15, 0.2) is 49.2 Å². The first kappa shape index (κ1) is 11.4. The molecule has 0 saturated heterocycles. The number of pyridine rings is 3. The van der Waals surface area contributed by atoms with Gasteiger partial charge in [0.15, 0.2) is 5.65 Å². The molecule has 0 bridgehead atoms. The Morgan fingerprint density at radius 3 is 2.60 bits per heavy atom. The van der Waals surface area contributed by atoms with Crippen molar-refractivity contribution in [2.24, 2.45) is 0 Å². The molecule has 4 rings (SSSR count). The molecule has 0 saturated carbocycles. The maximum atomic E-state index is 6.20. The monoisotopic (exact) mass is 280 g/mol. The number of fused-ring (bicyclic) bond motifs is 3. The van der Waals surface area contributed by atoms with Gasteiger partial charge in [-0.25, -0.2) is 9.97 Å². The second-order valence-electron chi connectivity index (χ2n) is 4.48. The fourth-order valence-corrected chi connectivity index (χ4v) is 2.66. The highest BCUT2D eigenvalue weighted by Crippen LogP contribution is 2.34. The average molecular weight is 281 g/mol. The predicted octanol–water partition coefficient (Wildman–Crippen LogP) is 3.83. The van der Waals surface area contributed by atoms with Gasteiger partial charge in [-0.2, -0.15) is 0 Å². The lowest BCUT2D eigenvalue weighted by molar-refractivity contribution is 1.32. The molecule has 96 valence electrons. The van der Waals surface area contributed by atoms with Crippen molar-refractivity contribution in [2.75, 3.05) is 0 Å². The van der Waals surface area contributed by atoms with Crippen LogP contribution in [0.2, 0.25) is 5.15 Å². The molecular formula is C15H9ClN4. The fraction of sp³-hybridized carbons (Fsp3) is 0. The van der Waals surface area contributed by atoms with Crippen LogP contribution in [-0.4, -0.2) is 19.9 Å². The summed E-state index contributed by atoms with van der Waals surface area (Å²) in [5.41, 5.74) is 2.84. The van der Waals surface area contributed by atoms with Crippen LogP contribution in [0.1, 0.15) is 0 Å². The van der Waals surface area contributed by atoms with E-state index in [-0.39, 0.29) is 0 Å². The minimum absolute atomic E-state index is 0.582. The Morgan fingerprint density at radius 2 is 1.75 bits per heavy atom. The summed E-state index contributed by atoms with van der Waals surface area (Å²) < 4.78 is 0. The summed E-state index contributed by atoms with van der Waals surface area (Å²) in [4.78, 5) is 15.8. The topological polar surface area (TPSA) is 54.5 Å². The summed E-state index contributed by atoms with van der Waals surface area (Å²) in [5.74, 6) is 0. The Balaban J connectivity index is 2.16. The molecule has 0 atom stereocenters. The van der Waals surface area contributed by atoms with Crippen molar-refractivity contribution in [1.29, 1.82) is 0 Å². The third-order valence-corrected chi connectivity index (χ3v) is 3.68. The molecule has 4 nitrogen and oxygen atoms in total. The number of halogens is 1. The molecule has 0 fully saturated rings. The van der Waals surface area contributed by atoms with E-state index in [1.54, 1.807) is 18.6 Å².